The number of ether oxygens (including phenoxy) is 1. The van der Waals surface area contributed by atoms with Crippen LogP contribution >= 0.6 is 35.0 Å². The van der Waals surface area contributed by atoms with Crippen LogP contribution in [0, 0.1) is 3.57 Å². The minimum atomic E-state index is -0.602. The van der Waals surface area contributed by atoms with E-state index in [0.29, 0.717) is 0 Å². The largest absolute Gasteiger partial charge is 0.468 e. The van der Waals surface area contributed by atoms with Crippen LogP contribution < -0.4 is 5.73 Å². The number of halogens is 2. The molecular formula is C11H15ClINO2. The summed E-state index contributed by atoms with van der Waals surface area (Å²) >= 11 is 2.24. The molecular weight excluding hydrogens is 340 g/mol. The van der Waals surface area contributed by atoms with Gasteiger partial charge in [-0.2, -0.15) is 0 Å². The fourth-order valence-electron chi connectivity index (χ4n) is 1.31. The highest BCUT2D eigenvalue weighted by Gasteiger charge is 2.22. The minimum Gasteiger partial charge on any atom is -0.468 e. The Labute approximate surface area is 115 Å². The molecule has 0 aromatic heterocycles. The first-order chi connectivity index (χ1) is 7.06. The molecule has 0 radical (unpaired) electrons. The van der Waals surface area contributed by atoms with Crippen LogP contribution in [0.15, 0.2) is 24.3 Å². The molecule has 0 saturated carbocycles. The maximum atomic E-state index is 11.2. The highest BCUT2D eigenvalue weighted by atomic mass is 127. The smallest absolute Gasteiger partial charge is 0.323 e. The van der Waals surface area contributed by atoms with Crippen LogP contribution in [-0.2, 0) is 9.53 Å². The van der Waals surface area contributed by atoms with E-state index in [1.54, 1.807) is 0 Å². The van der Waals surface area contributed by atoms with Crippen LogP contribution in [0.5, 0.6) is 0 Å². The molecule has 1 rings (SSSR count). The lowest BCUT2D eigenvalue weighted by Gasteiger charge is -2.17. The second-order valence-electron chi connectivity index (χ2n) is 3.39. The molecule has 3 nitrogen and oxygen atoms in total. The van der Waals surface area contributed by atoms with Gasteiger partial charge in [0.05, 0.1) is 7.11 Å². The van der Waals surface area contributed by atoms with Crippen LogP contribution in [0.1, 0.15) is 18.4 Å². The molecule has 5 heteroatoms. The third kappa shape index (κ3) is 3.92. The zero-order valence-corrected chi connectivity index (χ0v) is 12.1. The maximum absolute atomic E-state index is 11.2. The van der Waals surface area contributed by atoms with Crippen molar-refractivity contribution in [2.24, 2.45) is 5.73 Å². The average Bonchev–Trinajstić information content (AvgIpc) is 2.27. The van der Waals surface area contributed by atoms with E-state index >= 15 is 0 Å². The van der Waals surface area contributed by atoms with Crippen molar-refractivity contribution in [1.29, 1.82) is 0 Å². The summed E-state index contributed by atoms with van der Waals surface area (Å²) in [5, 5.41) is 0. The summed E-state index contributed by atoms with van der Waals surface area (Å²) in [6.07, 6.45) is 0. The van der Waals surface area contributed by atoms with Crippen molar-refractivity contribution in [1.82, 2.24) is 0 Å². The molecule has 2 atom stereocenters. The molecule has 0 aliphatic carbocycles. The van der Waals surface area contributed by atoms with E-state index in [4.69, 9.17) is 5.73 Å². The molecule has 1 aromatic carbocycles. The van der Waals surface area contributed by atoms with Gasteiger partial charge in [0, 0.05) is 9.49 Å². The Bertz CT molecular complexity index is 342. The molecule has 0 unspecified atom stereocenters. The molecule has 16 heavy (non-hydrogen) atoms. The van der Waals surface area contributed by atoms with Crippen molar-refractivity contribution in [2.75, 3.05) is 7.11 Å². The topological polar surface area (TPSA) is 52.3 Å². The summed E-state index contributed by atoms with van der Waals surface area (Å²) in [6.45, 7) is 1.92. The zero-order chi connectivity index (χ0) is 11.4. The fourth-order valence-corrected chi connectivity index (χ4v) is 1.67. The van der Waals surface area contributed by atoms with Gasteiger partial charge in [0.15, 0.2) is 0 Å². The number of methoxy groups -OCH3 is 1. The number of rotatable bonds is 3. The summed E-state index contributed by atoms with van der Waals surface area (Å²) in [6, 6.07) is 7.35. The van der Waals surface area contributed by atoms with E-state index in [9.17, 15) is 4.79 Å². The van der Waals surface area contributed by atoms with E-state index in [1.165, 1.54) is 7.11 Å². The second-order valence-corrected chi connectivity index (χ2v) is 4.63. The van der Waals surface area contributed by atoms with Gasteiger partial charge < -0.3 is 10.5 Å². The van der Waals surface area contributed by atoms with Crippen LogP contribution in [0.3, 0.4) is 0 Å². The summed E-state index contributed by atoms with van der Waals surface area (Å²) in [5.74, 6) is -0.407. The fraction of sp³-hybridized carbons (Fsp3) is 0.364. The van der Waals surface area contributed by atoms with Gasteiger partial charge in [0.25, 0.3) is 0 Å². The summed E-state index contributed by atoms with van der Waals surface area (Å²) < 4.78 is 5.78. The highest BCUT2D eigenvalue weighted by molar-refractivity contribution is 14.1. The normalized spacial score (nSPS) is 13.5. The molecule has 0 amide bonds. The first-order valence-electron chi connectivity index (χ1n) is 4.65. The first kappa shape index (κ1) is 15.7. The molecule has 0 heterocycles. The van der Waals surface area contributed by atoms with Crippen molar-refractivity contribution in [3.63, 3.8) is 0 Å². The van der Waals surface area contributed by atoms with Gasteiger partial charge in [0.1, 0.15) is 6.04 Å². The summed E-state index contributed by atoms with van der Waals surface area (Å²) in [5.41, 5.74) is 6.81. The zero-order valence-electron chi connectivity index (χ0n) is 9.14. The number of carbonyl (C=O) groups is 1. The number of hydrogen-bond acceptors (Lipinski definition) is 3. The van der Waals surface area contributed by atoms with Crippen LogP contribution in [0.25, 0.3) is 0 Å². The molecule has 1 aromatic rings. The number of nitrogens with two attached hydrogens (primary N) is 1. The Balaban J connectivity index is 0.00000225. The minimum absolute atomic E-state index is 0. The standard InChI is InChI=1S/C11H14INO2.ClH/c1-7(10(13)11(14)15-2)8-3-5-9(12)6-4-8;/h3-7,10H,13H2,1-2H3;1H/t7-,10+;/m1./s1. The first-order valence-corrected chi connectivity index (χ1v) is 5.73. The number of carbonyl (C=O) groups excluding carboxylic acids is 1. The van der Waals surface area contributed by atoms with Gasteiger partial charge in [-0.3, -0.25) is 4.79 Å². The van der Waals surface area contributed by atoms with E-state index < -0.39 is 6.04 Å². The summed E-state index contributed by atoms with van der Waals surface area (Å²) in [7, 11) is 1.35. The van der Waals surface area contributed by atoms with Gasteiger partial charge in [-0.1, -0.05) is 19.1 Å². The van der Waals surface area contributed by atoms with Gasteiger partial charge >= 0.3 is 5.97 Å². The number of hydrogen-bond donors (Lipinski definition) is 1. The van der Waals surface area contributed by atoms with Crippen molar-refractivity contribution in [3.8, 4) is 0 Å². The highest BCUT2D eigenvalue weighted by Crippen LogP contribution is 2.19. The predicted octanol–water partition coefficient (Wildman–Crippen LogP) is 2.32. The van der Waals surface area contributed by atoms with Crippen molar-refractivity contribution in [3.05, 3.63) is 33.4 Å². The Morgan fingerprint density at radius 2 is 1.88 bits per heavy atom. The van der Waals surface area contributed by atoms with E-state index in [2.05, 4.69) is 27.3 Å². The second kappa shape index (κ2) is 7.09. The molecule has 0 aliphatic rings. The third-order valence-electron chi connectivity index (χ3n) is 2.41. The predicted molar refractivity (Wildman–Crippen MR) is 74.8 cm³/mol. The van der Waals surface area contributed by atoms with E-state index in [0.717, 1.165) is 9.13 Å². The van der Waals surface area contributed by atoms with E-state index in [-0.39, 0.29) is 24.3 Å². The van der Waals surface area contributed by atoms with Gasteiger partial charge in [0.2, 0.25) is 0 Å². The van der Waals surface area contributed by atoms with Gasteiger partial charge in [-0.15, -0.1) is 12.4 Å². The lowest BCUT2D eigenvalue weighted by molar-refractivity contribution is -0.142. The van der Waals surface area contributed by atoms with Gasteiger partial charge in [-0.05, 0) is 40.3 Å². The average molecular weight is 356 g/mol. The Kier molecular flexibility index (Phi) is 6.94. The van der Waals surface area contributed by atoms with Crippen molar-refractivity contribution in [2.45, 2.75) is 18.9 Å². The number of esters is 1. The van der Waals surface area contributed by atoms with Crippen molar-refractivity contribution >= 4 is 41.0 Å². The number of benzene rings is 1. The van der Waals surface area contributed by atoms with Crippen LogP contribution in [-0.4, -0.2) is 19.1 Å². The Hall–Kier alpha value is -0.330. The van der Waals surface area contributed by atoms with E-state index in [1.807, 2.05) is 31.2 Å². The van der Waals surface area contributed by atoms with Crippen LogP contribution in [0.4, 0.5) is 0 Å². The quantitative estimate of drug-likeness (QED) is 0.669. The lowest BCUT2D eigenvalue weighted by Crippen LogP contribution is -2.36. The molecule has 0 fully saturated rings. The molecule has 2 N–H and O–H groups in total. The third-order valence-corrected chi connectivity index (χ3v) is 3.13. The Morgan fingerprint density at radius 3 is 2.31 bits per heavy atom. The summed E-state index contributed by atoms with van der Waals surface area (Å²) in [4.78, 5) is 11.2. The van der Waals surface area contributed by atoms with Crippen LogP contribution in [0.2, 0.25) is 0 Å². The lowest BCUT2D eigenvalue weighted by atomic mass is 9.94. The SMILES string of the molecule is COC(=O)[C@@H](N)[C@H](C)c1ccc(I)cc1.Cl. The molecule has 0 aliphatic heterocycles. The van der Waals surface area contributed by atoms with Gasteiger partial charge in [-0.25, -0.2) is 0 Å². The van der Waals surface area contributed by atoms with Crippen molar-refractivity contribution < 1.29 is 9.53 Å². The monoisotopic (exact) mass is 355 g/mol. The maximum Gasteiger partial charge on any atom is 0.323 e. The Morgan fingerprint density at radius 1 is 1.38 bits per heavy atom. The molecule has 0 spiro atoms. The molecule has 0 bridgehead atoms. The molecule has 90 valence electrons. The molecule has 0 saturated heterocycles.